The van der Waals surface area contributed by atoms with Crippen LogP contribution in [0.2, 0.25) is 0 Å². The highest BCUT2D eigenvalue weighted by Crippen LogP contribution is 2.40. The quantitative estimate of drug-likeness (QED) is 0.799. The van der Waals surface area contributed by atoms with Gasteiger partial charge in [0.2, 0.25) is 5.88 Å². The Morgan fingerprint density at radius 1 is 1.50 bits per heavy atom. The number of hydrogen-bond donors (Lipinski definition) is 2. The topological polar surface area (TPSA) is 73.1 Å². The van der Waals surface area contributed by atoms with Gasteiger partial charge in [0.05, 0.1) is 19.5 Å². The van der Waals surface area contributed by atoms with Crippen LogP contribution in [0.5, 0.6) is 5.88 Å². The van der Waals surface area contributed by atoms with Gasteiger partial charge in [-0.2, -0.15) is 4.98 Å². The van der Waals surface area contributed by atoms with Crippen LogP contribution in [0.25, 0.3) is 0 Å². The predicted molar refractivity (Wildman–Crippen MR) is 62.4 cm³/mol. The molecule has 0 spiro atoms. The standard InChI is InChI=1S/C11H18N4O/c1-11(2)7(12)4-8(11)14-9-5-13-6-10(15-9)16-3/h5-8H,4,12H2,1-3H3,(H,14,15). The second-order valence-corrected chi connectivity index (χ2v) is 4.81. The highest BCUT2D eigenvalue weighted by molar-refractivity contribution is 5.37. The molecule has 5 heteroatoms. The third kappa shape index (κ3) is 1.82. The lowest BCUT2D eigenvalue weighted by molar-refractivity contribution is 0.117. The minimum Gasteiger partial charge on any atom is -0.480 e. The average Bonchev–Trinajstić information content (AvgIpc) is 2.29. The van der Waals surface area contributed by atoms with Crippen molar-refractivity contribution in [2.24, 2.45) is 11.1 Å². The lowest BCUT2D eigenvalue weighted by Gasteiger charge is -2.50. The fourth-order valence-corrected chi connectivity index (χ4v) is 1.90. The molecule has 0 amide bonds. The molecular weight excluding hydrogens is 204 g/mol. The van der Waals surface area contributed by atoms with Gasteiger partial charge in [-0.1, -0.05) is 13.8 Å². The van der Waals surface area contributed by atoms with Crippen LogP contribution in [-0.2, 0) is 0 Å². The first-order valence-corrected chi connectivity index (χ1v) is 5.42. The Bertz CT molecular complexity index is 380. The minimum absolute atomic E-state index is 0.102. The molecule has 2 atom stereocenters. The van der Waals surface area contributed by atoms with Crippen molar-refractivity contribution in [1.82, 2.24) is 9.97 Å². The molecular formula is C11H18N4O. The predicted octanol–water partition coefficient (Wildman–Crippen LogP) is 1.02. The number of methoxy groups -OCH3 is 1. The van der Waals surface area contributed by atoms with Crippen molar-refractivity contribution in [3.8, 4) is 5.88 Å². The normalized spacial score (nSPS) is 27.0. The SMILES string of the molecule is COc1cncc(NC2CC(N)C2(C)C)n1. The fourth-order valence-electron chi connectivity index (χ4n) is 1.90. The summed E-state index contributed by atoms with van der Waals surface area (Å²) in [5.41, 5.74) is 6.06. The molecule has 1 aromatic heterocycles. The fraction of sp³-hybridized carbons (Fsp3) is 0.636. The van der Waals surface area contributed by atoms with Gasteiger partial charge in [0.1, 0.15) is 5.82 Å². The van der Waals surface area contributed by atoms with Gasteiger partial charge in [-0.05, 0) is 6.42 Å². The maximum Gasteiger partial charge on any atom is 0.233 e. The van der Waals surface area contributed by atoms with E-state index in [0.717, 1.165) is 12.2 Å². The molecule has 0 aromatic carbocycles. The van der Waals surface area contributed by atoms with Gasteiger partial charge < -0.3 is 15.8 Å². The Balaban J connectivity index is 2.05. The molecule has 2 unspecified atom stereocenters. The van der Waals surface area contributed by atoms with E-state index < -0.39 is 0 Å². The molecule has 1 fully saturated rings. The molecule has 2 rings (SSSR count). The van der Waals surface area contributed by atoms with Crippen molar-refractivity contribution >= 4 is 5.82 Å². The van der Waals surface area contributed by atoms with Gasteiger partial charge in [-0.25, -0.2) is 0 Å². The Kier molecular flexibility index (Phi) is 2.71. The van der Waals surface area contributed by atoms with Crippen molar-refractivity contribution < 1.29 is 4.74 Å². The van der Waals surface area contributed by atoms with E-state index in [4.69, 9.17) is 10.5 Å². The third-order valence-electron chi connectivity index (χ3n) is 3.49. The highest BCUT2D eigenvalue weighted by atomic mass is 16.5. The van der Waals surface area contributed by atoms with E-state index in [1.807, 2.05) is 0 Å². The number of ether oxygens (including phenoxy) is 1. The molecule has 0 saturated heterocycles. The van der Waals surface area contributed by atoms with Gasteiger partial charge in [-0.3, -0.25) is 4.98 Å². The molecule has 1 heterocycles. The smallest absolute Gasteiger partial charge is 0.233 e. The summed E-state index contributed by atoms with van der Waals surface area (Å²) < 4.78 is 5.02. The first kappa shape index (κ1) is 11.1. The van der Waals surface area contributed by atoms with E-state index in [0.29, 0.717) is 11.9 Å². The molecule has 88 valence electrons. The van der Waals surface area contributed by atoms with Crippen molar-refractivity contribution in [3.05, 3.63) is 12.4 Å². The minimum atomic E-state index is 0.102. The summed E-state index contributed by atoms with van der Waals surface area (Å²) in [5.74, 6) is 1.26. The third-order valence-corrected chi connectivity index (χ3v) is 3.49. The Labute approximate surface area is 95.4 Å². The van der Waals surface area contributed by atoms with Crippen LogP contribution in [0.3, 0.4) is 0 Å². The Hall–Kier alpha value is -1.36. The van der Waals surface area contributed by atoms with Gasteiger partial charge in [-0.15, -0.1) is 0 Å². The Morgan fingerprint density at radius 2 is 2.25 bits per heavy atom. The molecule has 1 saturated carbocycles. The molecule has 0 radical (unpaired) electrons. The number of nitrogens with one attached hydrogen (secondary N) is 1. The maximum absolute atomic E-state index is 5.96. The van der Waals surface area contributed by atoms with Crippen LogP contribution < -0.4 is 15.8 Å². The molecule has 1 aliphatic carbocycles. The summed E-state index contributed by atoms with van der Waals surface area (Å²) in [4.78, 5) is 8.32. The number of anilines is 1. The zero-order valence-electron chi connectivity index (χ0n) is 9.90. The zero-order valence-corrected chi connectivity index (χ0v) is 9.90. The number of nitrogens with zero attached hydrogens (tertiary/aromatic N) is 2. The monoisotopic (exact) mass is 222 g/mol. The van der Waals surface area contributed by atoms with Crippen LogP contribution in [0.4, 0.5) is 5.82 Å². The molecule has 16 heavy (non-hydrogen) atoms. The van der Waals surface area contributed by atoms with E-state index in [2.05, 4.69) is 29.1 Å². The van der Waals surface area contributed by atoms with Crippen molar-refractivity contribution in [1.29, 1.82) is 0 Å². The van der Waals surface area contributed by atoms with Gasteiger partial charge >= 0.3 is 0 Å². The lowest BCUT2D eigenvalue weighted by Crippen LogP contribution is -2.61. The van der Waals surface area contributed by atoms with Crippen molar-refractivity contribution in [3.63, 3.8) is 0 Å². The summed E-state index contributed by atoms with van der Waals surface area (Å²) in [5, 5.41) is 3.34. The van der Waals surface area contributed by atoms with Crippen molar-refractivity contribution in [2.75, 3.05) is 12.4 Å². The Morgan fingerprint density at radius 3 is 2.81 bits per heavy atom. The van der Waals surface area contributed by atoms with E-state index >= 15 is 0 Å². The van der Waals surface area contributed by atoms with Crippen molar-refractivity contribution in [2.45, 2.75) is 32.4 Å². The molecule has 1 aromatic rings. The second-order valence-electron chi connectivity index (χ2n) is 4.81. The first-order valence-electron chi connectivity index (χ1n) is 5.42. The maximum atomic E-state index is 5.96. The largest absolute Gasteiger partial charge is 0.480 e. The van der Waals surface area contributed by atoms with Gasteiger partial charge in [0, 0.05) is 17.5 Å². The van der Waals surface area contributed by atoms with E-state index in [-0.39, 0.29) is 11.5 Å². The summed E-state index contributed by atoms with van der Waals surface area (Å²) in [6.45, 7) is 4.32. The molecule has 0 aliphatic heterocycles. The molecule has 1 aliphatic rings. The molecule has 5 nitrogen and oxygen atoms in total. The van der Waals surface area contributed by atoms with E-state index in [1.54, 1.807) is 19.5 Å². The lowest BCUT2D eigenvalue weighted by atomic mass is 9.63. The summed E-state index contributed by atoms with van der Waals surface area (Å²) in [7, 11) is 1.58. The van der Waals surface area contributed by atoms with Crippen LogP contribution >= 0.6 is 0 Å². The van der Waals surface area contributed by atoms with Gasteiger partial charge in [0.25, 0.3) is 0 Å². The second kappa shape index (κ2) is 3.90. The van der Waals surface area contributed by atoms with Crippen LogP contribution in [0.15, 0.2) is 12.4 Å². The summed E-state index contributed by atoms with van der Waals surface area (Å²) in [6, 6.07) is 0.604. The molecule has 0 bridgehead atoms. The first-order chi connectivity index (χ1) is 7.54. The van der Waals surface area contributed by atoms with E-state index in [1.165, 1.54) is 0 Å². The van der Waals surface area contributed by atoms with Crippen LogP contribution in [-0.4, -0.2) is 29.2 Å². The summed E-state index contributed by atoms with van der Waals surface area (Å²) >= 11 is 0. The number of nitrogens with two attached hydrogens (primary N) is 1. The number of hydrogen-bond acceptors (Lipinski definition) is 5. The number of aromatic nitrogens is 2. The van der Waals surface area contributed by atoms with Crippen LogP contribution in [0.1, 0.15) is 20.3 Å². The average molecular weight is 222 g/mol. The van der Waals surface area contributed by atoms with Crippen LogP contribution in [0, 0.1) is 5.41 Å². The zero-order chi connectivity index (χ0) is 11.8. The van der Waals surface area contributed by atoms with Gasteiger partial charge in [0.15, 0.2) is 0 Å². The van der Waals surface area contributed by atoms with E-state index in [9.17, 15) is 0 Å². The molecule has 3 N–H and O–H groups in total. The number of rotatable bonds is 3. The summed E-state index contributed by atoms with van der Waals surface area (Å²) in [6.07, 6.45) is 4.25. The highest BCUT2D eigenvalue weighted by Gasteiger charge is 2.46.